The first kappa shape index (κ1) is 17.7. The van der Waals surface area contributed by atoms with Gasteiger partial charge in [0.2, 0.25) is 11.9 Å². The van der Waals surface area contributed by atoms with Gasteiger partial charge in [0.1, 0.15) is 12.4 Å². The summed E-state index contributed by atoms with van der Waals surface area (Å²) < 4.78 is 18.8. The number of hydrogen-bond donors (Lipinski definition) is 0. The third kappa shape index (κ3) is 3.59. The molecule has 6 nitrogen and oxygen atoms in total. The van der Waals surface area contributed by atoms with Crippen LogP contribution in [0.15, 0.2) is 36.7 Å². The summed E-state index contributed by atoms with van der Waals surface area (Å²) in [5.74, 6) is 1.10. The molecule has 4 rings (SSSR count). The van der Waals surface area contributed by atoms with Gasteiger partial charge < -0.3 is 14.5 Å². The largest absolute Gasteiger partial charge is 0.491 e. The van der Waals surface area contributed by atoms with Crippen LogP contribution in [0.5, 0.6) is 5.75 Å². The molecule has 2 aliphatic heterocycles. The second-order valence-electron chi connectivity index (χ2n) is 7.43. The molecule has 0 spiro atoms. The fourth-order valence-corrected chi connectivity index (χ4v) is 3.76. The van der Waals surface area contributed by atoms with E-state index in [1.54, 1.807) is 0 Å². The average Bonchev–Trinajstić information content (AvgIpc) is 2.91. The molecule has 27 heavy (non-hydrogen) atoms. The Bertz CT molecular complexity index is 819. The number of carbonyl (C=O) groups is 1. The SMILES string of the molecule is CC1(C(=O)N2CCOc3ccccc3C2)CCN(c2ncc(F)cn2)CC1. The van der Waals surface area contributed by atoms with E-state index < -0.39 is 11.2 Å². The van der Waals surface area contributed by atoms with Gasteiger partial charge in [-0.3, -0.25) is 4.79 Å². The lowest BCUT2D eigenvalue weighted by molar-refractivity contribution is -0.143. The summed E-state index contributed by atoms with van der Waals surface area (Å²) in [5, 5.41) is 0. The van der Waals surface area contributed by atoms with Gasteiger partial charge in [0.15, 0.2) is 5.82 Å². The number of benzene rings is 1. The molecule has 1 aromatic heterocycles. The van der Waals surface area contributed by atoms with E-state index in [9.17, 15) is 9.18 Å². The van der Waals surface area contributed by atoms with Gasteiger partial charge >= 0.3 is 0 Å². The van der Waals surface area contributed by atoms with Crippen LogP contribution >= 0.6 is 0 Å². The summed E-state index contributed by atoms with van der Waals surface area (Å²) >= 11 is 0. The van der Waals surface area contributed by atoms with Crippen LogP contribution < -0.4 is 9.64 Å². The molecule has 0 bridgehead atoms. The minimum Gasteiger partial charge on any atom is -0.491 e. The smallest absolute Gasteiger partial charge is 0.229 e. The lowest BCUT2D eigenvalue weighted by atomic mass is 9.79. The first-order valence-corrected chi connectivity index (χ1v) is 9.28. The fourth-order valence-electron chi connectivity index (χ4n) is 3.76. The van der Waals surface area contributed by atoms with E-state index in [1.165, 1.54) is 12.4 Å². The summed E-state index contributed by atoms with van der Waals surface area (Å²) in [6, 6.07) is 7.88. The van der Waals surface area contributed by atoms with Crippen molar-refractivity contribution in [2.24, 2.45) is 5.41 Å². The fraction of sp³-hybridized carbons (Fsp3) is 0.450. The highest BCUT2D eigenvalue weighted by atomic mass is 19.1. The second-order valence-corrected chi connectivity index (χ2v) is 7.43. The summed E-state index contributed by atoms with van der Waals surface area (Å²) in [6.45, 7) is 5.07. The molecule has 0 saturated carbocycles. The van der Waals surface area contributed by atoms with Crippen molar-refractivity contribution in [3.63, 3.8) is 0 Å². The zero-order valence-electron chi connectivity index (χ0n) is 15.4. The Kier molecular flexibility index (Phi) is 4.68. The van der Waals surface area contributed by atoms with Crippen molar-refractivity contribution in [1.82, 2.24) is 14.9 Å². The molecule has 0 atom stereocenters. The van der Waals surface area contributed by atoms with Gasteiger partial charge in [-0.15, -0.1) is 0 Å². The molecule has 2 aliphatic rings. The zero-order valence-corrected chi connectivity index (χ0v) is 15.4. The molecule has 7 heteroatoms. The van der Waals surface area contributed by atoms with Crippen molar-refractivity contribution in [1.29, 1.82) is 0 Å². The van der Waals surface area contributed by atoms with Crippen molar-refractivity contribution in [2.75, 3.05) is 31.1 Å². The number of fused-ring (bicyclic) bond motifs is 1. The zero-order chi connectivity index (χ0) is 18.9. The Labute approximate surface area is 158 Å². The number of ether oxygens (including phenoxy) is 1. The lowest BCUT2D eigenvalue weighted by Crippen LogP contribution is -2.49. The van der Waals surface area contributed by atoms with E-state index in [-0.39, 0.29) is 5.91 Å². The van der Waals surface area contributed by atoms with Crippen LogP contribution in [-0.4, -0.2) is 47.0 Å². The Morgan fingerprint density at radius 3 is 2.59 bits per heavy atom. The Morgan fingerprint density at radius 1 is 1.15 bits per heavy atom. The van der Waals surface area contributed by atoms with E-state index in [0.29, 0.717) is 51.6 Å². The third-order valence-electron chi connectivity index (χ3n) is 5.51. The lowest BCUT2D eigenvalue weighted by Gasteiger charge is -2.40. The number of anilines is 1. The molecule has 142 valence electrons. The van der Waals surface area contributed by atoms with Crippen LogP contribution in [-0.2, 0) is 11.3 Å². The number of carbonyl (C=O) groups excluding carboxylic acids is 1. The first-order valence-electron chi connectivity index (χ1n) is 9.28. The molecule has 3 heterocycles. The Morgan fingerprint density at radius 2 is 1.85 bits per heavy atom. The van der Waals surface area contributed by atoms with Crippen molar-refractivity contribution in [3.8, 4) is 5.75 Å². The van der Waals surface area contributed by atoms with Gasteiger partial charge in [0.25, 0.3) is 0 Å². The van der Waals surface area contributed by atoms with Crippen LogP contribution in [0.4, 0.5) is 10.3 Å². The molecule has 0 unspecified atom stereocenters. The van der Waals surface area contributed by atoms with Crippen LogP contribution in [0.25, 0.3) is 0 Å². The van der Waals surface area contributed by atoms with Gasteiger partial charge in [0.05, 0.1) is 18.9 Å². The molecule has 0 radical (unpaired) electrons. The van der Waals surface area contributed by atoms with Gasteiger partial charge in [-0.05, 0) is 18.9 Å². The van der Waals surface area contributed by atoms with Gasteiger partial charge in [-0.25, -0.2) is 14.4 Å². The van der Waals surface area contributed by atoms with Crippen molar-refractivity contribution in [3.05, 3.63) is 48.0 Å². The minimum atomic E-state index is -0.445. The number of amides is 1. The molecule has 0 aliphatic carbocycles. The van der Waals surface area contributed by atoms with Gasteiger partial charge in [-0.2, -0.15) is 0 Å². The number of para-hydroxylation sites is 1. The molecular weight excluding hydrogens is 347 g/mol. The normalized spacial score (nSPS) is 19.0. The number of hydrogen-bond acceptors (Lipinski definition) is 5. The first-order chi connectivity index (χ1) is 13.0. The summed E-state index contributed by atoms with van der Waals surface area (Å²) in [5.41, 5.74) is 0.625. The summed E-state index contributed by atoms with van der Waals surface area (Å²) in [7, 11) is 0. The van der Waals surface area contributed by atoms with Crippen molar-refractivity contribution in [2.45, 2.75) is 26.3 Å². The van der Waals surface area contributed by atoms with E-state index in [4.69, 9.17) is 4.74 Å². The van der Waals surface area contributed by atoms with Gasteiger partial charge in [0, 0.05) is 30.6 Å². The Hall–Kier alpha value is -2.70. The van der Waals surface area contributed by atoms with Crippen molar-refractivity contribution < 1.29 is 13.9 Å². The second kappa shape index (κ2) is 7.13. The van der Waals surface area contributed by atoms with Crippen LogP contribution in [0, 0.1) is 11.2 Å². The van der Waals surface area contributed by atoms with Crippen LogP contribution in [0.3, 0.4) is 0 Å². The number of halogens is 1. The summed E-state index contributed by atoms with van der Waals surface area (Å²) in [6.07, 6.45) is 3.78. The molecule has 0 N–H and O–H groups in total. The van der Waals surface area contributed by atoms with E-state index in [1.807, 2.05) is 41.0 Å². The van der Waals surface area contributed by atoms with E-state index in [0.717, 1.165) is 11.3 Å². The molecular formula is C20H23FN4O2. The maximum Gasteiger partial charge on any atom is 0.229 e. The highest BCUT2D eigenvalue weighted by Gasteiger charge is 2.40. The number of rotatable bonds is 2. The number of aromatic nitrogens is 2. The third-order valence-corrected chi connectivity index (χ3v) is 5.51. The standard InChI is InChI=1S/C20H23FN4O2/c1-20(6-8-24(9-7-20)19-22-12-16(21)13-23-19)18(26)25-10-11-27-17-5-3-2-4-15(17)14-25/h2-5,12-13H,6-11,14H2,1H3. The maximum atomic E-state index is 13.3. The molecule has 1 saturated heterocycles. The van der Waals surface area contributed by atoms with E-state index >= 15 is 0 Å². The average molecular weight is 370 g/mol. The van der Waals surface area contributed by atoms with Crippen LogP contribution in [0.2, 0.25) is 0 Å². The molecule has 2 aromatic rings. The quantitative estimate of drug-likeness (QED) is 0.813. The Balaban J connectivity index is 1.44. The predicted octanol–water partition coefficient (Wildman–Crippen LogP) is 2.64. The molecule has 1 aromatic carbocycles. The number of nitrogens with zero attached hydrogens (tertiary/aromatic N) is 4. The van der Waals surface area contributed by atoms with Crippen molar-refractivity contribution >= 4 is 11.9 Å². The minimum absolute atomic E-state index is 0.169. The maximum absolute atomic E-state index is 13.3. The number of piperidine rings is 1. The molecule has 1 amide bonds. The molecule has 1 fully saturated rings. The van der Waals surface area contributed by atoms with E-state index in [2.05, 4.69) is 9.97 Å². The monoisotopic (exact) mass is 370 g/mol. The predicted molar refractivity (Wildman–Crippen MR) is 98.9 cm³/mol. The highest BCUT2D eigenvalue weighted by Crippen LogP contribution is 2.35. The highest BCUT2D eigenvalue weighted by molar-refractivity contribution is 5.83. The topological polar surface area (TPSA) is 58.6 Å². The van der Waals surface area contributed by atoms with Gasteiger partial charge in [-0.1, -0.05) is 25.1 Å². The van der Waals surface area contributed by atoms with Crippen LogP contribution in [0.1, 0.15) is 25.3 Å². The summed E-state index contributed by atoms with van der Waals surface area (Å²) in [4.78, 5) is 25.3.